The molecule has 0 bridgehead atoms. The first-order chi connectivity index (χ1) is 7.79. The van der Waals surface area contributed by atoms with Gasteiger partial charge in [0.2, 0.25) is 5.95 Å². The molecule has 0 radical (unpaired) electrons. The molecule has 0 unspecified atom stereocenters. The van der Waals surface area contributed by atoms with Crippen molar-refractivity contribution in [3.63, 3.8) is 0 Å². The second kappa shape index (κ2) is 4.94. The summed E-state index contributed by atoms with van der Waals surface area (Å²) in [5, 5.41) is 5.12. The lowest BCUT2D eigenvalue weighted by molar-refractivity contribution is 0.413. The molecule has 0 aliphatic heterocycles. The van der Waals surface area contributed by atoms with Gasteiger partial charge in [0.1, 0.15) is 5.75 Å². The van der Waals surface area contributed by atoms with Gasteiger partial charge in [0.25, 0.3) is 0 Å². The summed E-state index contributed by atoms with van der Waals surface area (Å²) >= 11 is 1.61. The number of aromatic nitrogens is 1. The monoisotopic (exact) mass is 238 g/mol. The summed E-state index contributed by atoms with van der Waals surface area (Å²) in [7, 11) is 1.64. The molecule has 84 valence electrons. The van der Waals surface area contributed by atoms with E-state index in [-0.39, 0.29) is 0 Å². The molecule has 0 amide bonds. The largest absolute Gasteiger partial charge is 0.496 e. The summed E-state index contributed by atoms with van der Waals surface area (Å²) in [6.07, 6.45) is 1.47. The minimum absolute atomic E-state index is 0.473. The van der Waals surface area contributed by atoms with Gasteiger partial charge in [-0.2, -0.15) is 4.39 Å². The molecule has 16 heavy (non-hydrogen) atoms. The van der Waals surface area contributed by atoms with Crippen molar-refractivity contribution in [2.24, 2.45) is 0 Å². The zero-order valence-corrected chi connectivity index (χ0v) is 9.55. The second-order valence-corrected chi connectivity index (χ2v) is 4.14. The number of nitrogens with one attached hydrogen (secondary N) is 1. The minimum Gasteiger partial charge on any atom is -0.496 e. The molecular formula is C11H11FN2OS. The molecule has 0 fully saturated rings. The molecular weight excluding hydrogens is 227 g/mol. The van der Waals surface area contributed by atoms with E-state index in [1.165, 1.54) is 12.3 Å². The lowest BCUT2D eigenvalue weighted by Gasteiger charge is -2.05. The van der Waals surface area contributed by atoms with Crippen LogP contribution in [0.4, 0.5) is 10.1 Å². The predicted octanol–water partition coefficient (Wildman–Crippen LogP) is 2.90. The van der Waals surface area contributed by atoms with Crippen LogP contribution < -0.4 is 10.1 Å². The fourth-order valence-electron chi connectivity index (χ4n) is 1.30. The highest BCUT2D eigenvalue weighted by atomic mass is 32.1. The Hall–Kier alpha value is -1.62. The van der Waals surface area contributed by atoms with E-state index in [1.807, 2.05) is 11.4 Å². The number of methoxy groups -OCH3 is 1. The third-order valence-corrected chi connectivity index (χ3v) is 3.01. The number of ether oxygens (including phenoxy) is 1. The van der Waals surface area contributed by atoms with Gasteiger partial charge in [-0.05, 0) is 23.6 Å². The van der Waals surface area contributed by atoms with Crippen LogP contribution in [0.5, 0.6) is 5.75 Å². The van der Waals surface area contributed by atoms with E-state index >= 15 is 0 Å². The predicted molar refractivity (Wildman–Crippen MR) is 62.4 cm³/mol. The molecule has 0 aliphatic carbocycles. The van der Waals surface area contributed by atoms with Crippen molar-refractivity contribution in [3.05, 3.63) is 40.6 Å². The van der Waals surface area contributed by atoms with Crippen LogP contribution in [0.25, 0.3) is 0 Å². The Balaban J connectivity index is 1.99. The van der Waals surface area contributed by atoms with Crippen LogP contribution in [0.3, 0.4) is 0 Å². The summed E-state index contributed by atoms with van der Waals surface area (Å²) in [6, 6.07) is 4.90. The number of hydrogen-bond acceptors (Lipinski definition) is 4. The molecule has 2 aromatic heterocycles. The van der Waals surface area contributed by atoms with Gasteiger partial charge in [0.05, 0.1) is 30.4 Å². The Morgan fingerprint density at radius 2 is 2.31 bits per heavy atom. The van der Waals surface area contributed by atoms with E-state index < -0.39 is 5.95 Å². The number of rotatable bonds is 4. The smallest absolute Gasteiger partial charge is 0.212 e. The molecule has 0 spiro atoms. The topological polar surface area (TPSA) is 34.1 Å². The maximum absolute atomic E-state index is 12.6. The van der Waals surface area contributed by atoms with Gasteiger partial charge in [0, 0.05) is 0 Å². The number of anilines is 1. The Kier molecular flexibility index (Phi) is 3.36. The average molecular weight is 238 g/mol. The molecule has 0 saturated heterocycles. The molecule has 0 atom stereocenters. The zero-order chi connectivity index (χ0) is 11.4. The highest BCUT2D eigenvalue weighted by Crippen LogP contribution is 2.25. The van der Waals surface area contributed by atoms with Crippen molar-refractivity contribution in [1.82, 2.24) is 4.98 Å². The van der Waals surface area contributed by atoms with Crippen molar-refractivity contribution in [2.75, 3.05) is 12.4 Å². The van der Waals surface area contributed by atoms with Gasteiger partial charge in [-0.1, -0.05) is 0 Å². The van der Waals surface area contributed by atoms with E-state index in [0.29, 0.717) is 6.54 Å². The first-order valence-corrected chi connectivity index (χ1v) is 5.63. The molecule has 2 heterocycles. The highest BCUT2D eigenvalue weighted by Gasteiger charge is 2.03. The Morgan fingerprint density at radius 1 is 1.44 bits per heavy atom. The third-order valence-electron chi connectivity index (χ3n) is 2.10. The van der Waals surface area contributed by atoms with E-state index in [9.17, 15) is 4.39 Å². The Morgan fingerprint density at radius 3 is 3.00 bits per heavy atom. The van der Waals surface area contributed by atoms with E-state index in [4.69, 9.17) is 4.74 Å². The first kappa shape index (κ1) is 10.9. The van der Waals surface area contributed by atoms with E-state index in [1.54, 1.807) is 24.5 Å². The van der Waals surface area contributed by atoms with Crippen LogP contribution in [-0.4, -0.2) is 12.1 Å². The van der Waals surface area contributed by atoms with Crippen molar-refractivity contribution < 1.29 is 9.13 Å². The van der Waals surface area contributed by atoms with Gasteiger partial charge in [-0.15, -0.1) is 11.3 Å². The molecule has 2 aromatic rings. The highest BCUT2D eigenvalue weighted by molar-refractivity contribution is 7.10. The van der Waals surface area contributed by atoms with Crippen LogP contribution in [-0.2, 0) is 6.54 Å². The van der Waals surface area contributed by atoms with Crippen LogP contribution >= 0.6 is 11.3 Å². The molecule has 1 N–H and O–H groups in total. The third kappa shape index (κ3) is 2.49. The van der Waals surface area contributed by atoms with Crippen LogP contribution in [0, 0.1) is 5.95 Å². The molecule has 0 aromatic carbocycles. The fraction of sp³-hybridized carbons (Fsp3) is 0.182. The molecule has 0 aliphatic rings. The summed E-state index contributed by atoms with van der Waals surface area (Å²) < 4.78 is 17.7. The minimum atomic E-state index is -0.473. The summed E-state index contributed by atoms with van der Waals surface area (Å²) in [4.78, 5) is 4.67. The summed E-state index contributed by atoms with van der Waals surface area (Å²) in [5.41, 5.74) is 0.789. The van der Waals surface area contributed by atoms with Crippen molar-refractivity contribution in [2.45, 2.75) is 6.54 Å². The van der Waals surface area contributed by atoms with Crippen LogP contribution in [0.2, 0.25) is 0 Å². The molecule has 2 rings (SSSR count). The first-order valence-electron chi connectivity index (χ1n) is 4.75. The van der Waals surface area contributed by atoms with Gasteiger partial charge in [-0.3, -0.25) is 0 Å². The lowest BCUT2D eigenvalue weighted by Crippen LogP contribution is -1.99. The van der Waals surface area contributed by atoms with Crippen LogP contribution in [0.1, 0.15) is 4.88 Å². The van der Waals surface area contributed by atoms with E-state index in [2.05, 4.69) is 10.3 Å². The fourth-order valence-corrected chi connectivity index (χ4v) is 2.08. The van der Waals surface area contributed by atoms with Gasteiger partial charge >= 0.3 is 0 Å². The van der Waals surface area contributed by atoms with Gasteiger partial charge < -0.3 is 10.1 Å². The standard InChI is InChI=1S/C11H11FN2OS/c1-15-9-4-5-16-10(9)7-13-8-2-3-11(12)14-6-8/h2-6,13H,7H2,1H3. The van der Waals surface area contributed by atoms with Gasteiger partial charge in [-0.25, -0.2) is 4.98 Å². The Bertz CT molecular complexity index is 455. The van der Waals surface area contributed by atoms with Crippen molar-refractivity contribution in [3.8, 4) is 5.75 Å². The number of halogens is 1. The second-order valence-electron chi connectivity index (χ2n) is 3.14. The number of pyridine rings is 1. The quantitative estimate of drug-likeness (QED) is 0.832. The molecule has 5 heteroatoms. The van der Waals surface area contributed by atoms with Crippen molar-refractivity contribution >= 4 is 17.0 Å². The maximum atomic E-state index is 12.6. The summed E-state index contributed by atoms with van der Waals surface area (Å²) in [6.45, 7) is 0.647. The van der Waals surface area contributed by atoms with E-state index in [0.717, 1.165) is 16.3 Å². The SMILES string of the molecule is COc1ccsc1CNc1ccc(F)nc1. The molecule has 3 nitrogen and oxygen atoms in total. The molecule has 0 saturated carbocycles. The normalized spacial score (nSPS) is 10.1. The Labute approximate surface area is 96.9 Å². The maximum Gasteiger partial charge on any atom is 0.212 e. The number of hydrogen-bond donors (Lipinski definition) is 1. The number of thiophene rings is 1. The number of nitrogens with zero attached hydrogens (tertiary/aromatic N) is 1. The van der Waals surface area contributed by atoms with Crippen LogP contribution in [0.15, 0.2) is 29.8 Å². The average Bonchev–Trinajstić information content (AvgIpc) is 2.76. The van der Waals surface area contributed by atoms with Gasteiger partial charge in [0.15, 0.2) is 0 Å². The summed E-state index contributed by atoms with van der Waals surface area (Å²) in [5.74, 6) is 0.395. The zero-order valence-electron chi connectivity index (χ0n) is 8.74. The van der Waals surface area contributed by atoms with Crippen molar-refractivity contribution in [1.29, 1.82) is 0 Å². The lowest BCUT2D eigenvalue weighted by atomic mass is 10.4.